The van der Waals surface area contributed by atoms with Crippen LogP contribution in [0.4, 0.5) is 0 Å². The Kier molecular flexibility index (Phi) is 7.20. The van der Waals surface area contributed by atoms with E-state index in [-0.39, 0.29) is 0 Å². The average molecular weight is 160 g/mol. The van der Waals surface area contributed by atoms with Gasteiger partial charge in [-0.3, -0.25) is 0 Å². The molecule has 0 spiro atoms. The Morgan fingerprint density at radius 3 is 2.80 bits per heavy atom. The summed E-state index contributed by atoms with van der Waals surface area (Å²) < 4.78 is 0. The lowest BCUT2D eigenvalue weighted by molar-refractivity contribution is 0.289. The van der Waals surface area contributed by atoms with Crippen LogP contribution in [0.3, 0.4) is 0 Å². The molecule has 0 saturated heterocycles. The van der Waals surface area contributed by atoms with Gasteiger partial charge >= 0.3 is 0 Å². The zero-order valence-corrected chi connectivity index (χ0v) is 7.53. The predicted molar refractivity (Wildman–Crippen MR) is 48.4 cm³/mol. The molecule has 10 heavy (non-hydrogen) atoms. The molecule has 0 aromatic rings. The van der Waals surface area contributed by atoms with E-state index in [4.69, 9.17) is 5.11 Å². The summed E-state index contributed by atoms with van der Waals surface area (Å²) in [5.74, 6) is 1.07. The number of hydrogen-bond donors (Lipinski definition) is 1. The molecule has 0 aliphatic heterocycles. The summed E-state index contributed by atoms with van der Waals surface area (Å²) in [6, 6.07) is 0. The summed E-state index contributed by atoms with van der Waals surface area (Å²) in [5.41, 5.74) is 0. The number of hydrogen-bond acceptors (Lipinski definition) is 2. The van der Waals surface area contributed by atoms with Crippen LogP contribution in [0, 0.1) is 0 Å². The second-order valence-electron chi connectivity index (χ2n) is 2.23. The van der Waals surface area contributed by atoms with Gasteiger partial charge in [-0.15, -0.1) is 0 Å². The molecule has 0 fully saturated rings. The highest BCUT2D eigenvalue weighted by Gasteiger charge is 1.97. The standard InChI is InChI=1S/C8H16OS/c1-3-4-7-10-8(2)5-6-9/h3-4,8-9H,5-7H2,1-2H3. The molecule has 0 radical (unpaired) electrons. The topological polar surface area (TPSA) is 20.2 Å². The Morgan fingerprint density at radius 1 is 1.60 bits per heavy atom. The van der Waals surface area contributed by atoms with Crippen LogP contribution in [0.1, 0.15) is 20.3 Å². The highest BCUT2D eigenvalue weighted by Crippen LogP contribution is 2.12. The maximum absolute atomic E-state index is 8.56. The van der Waals surface area contributed by atoms with Crippen molar-refractivity contribution in [1.82, 2.24) is 0 Å². The molecular weight excluding hydrogens is 144 g/mol. The maximum Gasteiger partial charge on any atom is 0.0441 e. The van der Waals surface area contributed by atoms with Crippen LogP contribution < -0.4 is 0 Å². The largest absolute Gasteiger partial charge is 0.396 e. The zero-order valence-electron chi connectivity index (χ0n) is 6.71. The van der Waals surface area contributed by atoms with Crippen molar-refractivity contribution in [2.45, 2.75) is 25.5 Å². The third-order valence-corrected chi connectivity index (χ3v) is 2.44. The van der Waals surface area contributed by atoms with Crippen LogP contribution in [0.2, 0.25) is 0 Å². The second-order valence-corrected chi connectivity index (χ2v) is 3.70. The molecule has 1 atom stereocenters. The van der Waals surface area contributed by atoms with Gasteiger partial charge in [0.15, 0.2) is 0 Å². The van der Waals surface area contributed by atoms with Gasteiger partial charge < -0.3 is 5.11 Å². The third-order valence-electron chi connectivity index (χ3n) is 1.25. The maximum atomic E-state index is 8.56. The Labute approximate surface area is 67.5 Å². The summed E-state index contributed by atoms with van der Waals surface area (Å²) >= 11 is 1.88. The van der Waals surface area contributed by atoms with Crippen molar-refractivity contribution in [3.8, 4) is 0 Å². The fourth-order valence-corrected chi connectivity index (χ4v) is 1.49. The summed E-state index contributed by atoms with van der Waals surface area (Å²) in [6.07, 6.45) is 5.10. The van der Waals surface area contributed by atoms with Gasteiger partial charge in [0.25, 0.3) is 0 Å². The normalized spacial score (nSPS) is 14.3. The van der Waals surface area contributed by atoms with Crippen molar-refractivity contribution in [2.24, 2.45) is 0 Å². The van der Waals surface area contributed by atoms with Gasteiger partial charge in [0, 0.05) is 17.6 Å². The Bertz CT molecular complexity index is 91.3. The lowest BCUT2D eigenvalue weighted by Crippen LogP contribution is -1.99. The summed E-state index contributed by atoms with van der Waals surface area (Å²) in [7, 11) is 0. The second kappa shape index (κ2) is 7.16. The van der Waals surface area contributed by atoms with Crippen LogP contribution in [-0.4, -0.2) is 22.7 Å². The molecular formula is C8H16OS. The fourth-order valence-electron chi connectivity index (χ4n) is 0.581. The lowest BCUT2D eigenvalue weighted by Gasteiger charge is -2.05. The fraction of sp³-hybridized carbons (Fsp3) is 0.750. The van der Waals surface area contributed by atoms with E-state index in [9.17, 15) is 0 Å². The predicted octanol–water partition coefficient (Wildman–Crippen LogP) is 2.07. The molecule has 1 N–H and O–H groups in total. The molecule has 0 aliphatic carbocycles. The van der Waals surface area contributed by atoms with Crippen molar-refractivity contribution >= 4 is 11.8 Å². The van der Waals surface area contributed by atoms with Crippen molar-refractivity contribution in [3.05, 3.63) is 12.2 Å². The summed E-state index contributed by atoms with van der Waals surface area (Å²) in [4.78, 5) is 0. The average Bonchev–Trinajstić information content (AvgIpc) is 1.89. The lowest BCUT2D eigenvalue weighted by atomic mass is 10.3. The number of aliphatic hydroxyl groups excluding tert-OH is 1. The van der Waals surface area contributed by atoms with Crippen LogP contribution in [0.25, 0.3) is 0 Å². The van der Waals surface area contributed by atoms with E-state index in [0.29, 0.717) is 11.9 Å². The first-order valence-corrected chi connectivity index (χ1v) is 4.69. The molecule has 60 valence electrons. The van der Waals surface area contributed by atoms with Gasteiger partial charge in [-0.25, -0.2) is 0 Å². The van der Waals surface area contributed by atoms with E-state index in [1.165, 1.54) is 0 Å². The molecule has 0 rings (SSSR count). The van der Waals surface area contributed by atoms with Crippen molar-refractivity contribution < 1.29 is 5.11 Å². The number of thioether (sulfide) groups is 1. The van der Waals surface area contributed by atoms with Gasteiger partial charge in [0.1, 0.15) is 0 Å². The molecule has 2 heteroatoms. The van der Waals surface area contributed by atoms with Crippen LogP contribution >= 0.6 is 11.8 Å². The highest BCUT2D eigenvalue weighted by molar-refractivity contribution is 8.00. The molecule has 0 heterocycles. The van der Waals surface area contributed by atoms with Gasteiger partial charge in [0.2, 0.25) is 0 Å². The Hall–Kier alpha value is 0.0500. The zero-order chi connectivity index (χ0) is 7.82. The molecule has 0 amide bonds. The summed E-state index contributed by atoms with van der Waals surface area (Å²) in [5, 5.41) is 9.15. The van der Waals surface area contributed by atoms with Gasteiger partial charge in [-0.05, 0) is 13.3 Å². The number of aliphatic hydroxyl groups is 1. The van der Waals surface area contributed by atoms with Crippen molar-refractivity contribution in [2.75, 3.05) is 12.4 Å². The molecule has 0 aromatic heterocycles. The van der Waals surface area contributed by atoms with Crippen molar-refractivity contribution in [3.63, 3.8) is 0 Å². The molecule has 0 aromatic carbocycles. The molecule has 1 nitrogen and oxygen atoms in total. The quantitative estimate of drug-likeness (QED) is 0.621. The summed E-state index contributed by atoms with van der Waals surface area (Å²) in [6.45, 7) is 4.48. The minimum Gasteiger partial charge on any atom is -0.396 e. The molecule has 0 aliphatic rings. The first-order valence-electron chi connectivity index (χ1n) is 3.65. The van der Waals surface area contributed by atoms with Gasteiger partial charge in [-0.2, -0.15) is 11.8 Å². The smallest absolute Gasteiger partial charge is 0.0441 e. The van der Waals surface area contributed by atoms with E-state index < -0.39 is 0 Å². The van der Waals surface area contributed by atoms with Gasteiger partial charge in [-0.1, -0.05) is 19.1 Å². The Balaban J connectivity index is 3.12. The van der Waals surface area contributed by atoms with Crippen LogP contribution in [-0.2, 0) is 0 Å². The SMILES string of the molecule is CC=CCSC(C)CCO. The minimum absolute atomic E-state index is 0.310. The van der Waals surface area contributed by atoms with E-state index in [1.807, 2.05) is 18.7 Å². The third kappa shape index (κ3) is 6.17. The van der Waals surface area contributed by atoms with E-state index in [1.54, 1.807) is 0 Å². The van der Waals surface area contributed by atoms with E-state index >= 15 is 0 Å². The monoisotopic (exact) mass is 160 g/mol. The number of allylic oxidation sites excluding steroid dienone is 1. The molecule has 1 unspecified atom stereocenters. The van der Waals surface area contributed by atoms with Crippen LogP contribution in [0.15, 0.2) is 12.2 Å². The number of rotatable bonds is 5. The molecule has 0 saturated carbocycles. The van der Waals surface area contributed by atoms with E-state index in [0.717, 1.165) is 12.2 Å². The minimum atomic E-state index is 0.310. The molecule has 0 bridgehead atoms. The van der Waals surface area contributed by atoms with Crippen LogP contribution in [0.5, 0.6) is 0 Å². The Morgan fingerprint density at radius 2 is 2.30 bits per heavy atom. The first-order chi connectivity index (χ1) is 4.81. The first kappa shape index (κ1) is 10.0. The van der Waals surface area contributed by atoms with Crippen molar-refractivity contribution in [1.29, 1.82) is 0 Å². The van der Waals surface area contributed by atoms with Gasteiger partial charge in [0.05, 0.1) is 0 Å². The highest BCUT2D eigenvalue weighted by atomic mass is 32.2. The van der Waals surface area contributed by atoms with E-state index in [2.05, 4.69) is 19.1 Å².